The lowest BCUT2D eigenvalue weighted by molar-refractivity contribution is 0.343. The number of hydrogen-bond donors (Lipinski definition) is 0. The molecule has 15 heavy (non-hydrogen) atoms. The van der Waals surface area contributed by atoms with Crippen molar-refractivity contribution in [3.8, 4) is 11.5 Å². The summed E-state index contributed by atoms with van der Waals surface area (Å²) in [4.78, 5) is 0. The van der Waals surface area contributed by atoms with Crippen LogP contribution in [0.15, 0.2) is 16.6 Å². The Morgan fingerprint density at radius 1 is 1.00 bits per heavy atom. The van der Waals surface area contributed by atoms with E-state index >= 15 is 0 Å². The number of rotatable bonds is 2. The Labute approximate surface area is 99.7 Å². The summed E-state index contributed by atoms with van der Waals surface area (Å²) in [6.07, 6.45) is 0. The third-order valence-electron chi connectivity index (χ3n) is 2.28. The first-order chi connectivity index (χ1) is 6.91. The molecule has 0 aromatic heterocycles. The molecule has 0 spiro atoms. The maximum atomic E-state index is 5.42. The normalized spacial score (nSPS) is 11.3. The molecule has 0 aliphatic rings. The van der Waals surface area contributed by atoms with Crippen molar-refractivity contribution in [2.75, 3.05) is 14.2 Å². The van der Waals surface area contributed by atoms with Crippen LogP contribution in [0.3, 0.4) is 0 Å². The Bertz CT molecular complexity index is 353. The van der Waals surface area contributed by atoms with Crippen molar-refractivity contribution >= 4 is 15.9 Å². The Kier molecular flexibility index (Phi) is 3.66. The van der Waals surface area contributed by atoms with Crippen LogP contribution >= 0.6 is 15.9 Å². The van der Waals surface area contributed by atoms with Crippen molar-refractivity contribution < 1.29 is 9.47 Å². The van der Waals surface area contributed by atoms with Crippen LogP contribution in [-0.4, -0.2) is 14.2 Å². The van der Waals surface area contributed by atoms with Gasteiger partial charge in [-0.05, 0) is 27.4 Å². The molecular weight excluding hydrogens is 256 g/mol. The molecule has 1 aromatic carbocycles. The van der Waals surface area contributed by atoms with Crippen molar-refractivity contribution in [3.05, 3.63) is 22.2 Å². The van der Waals surface area contributed by atoms with E-state index in [-0.39, 0.29) is 5.41 Å². The predicted molar refractivity (Wildman–Crippen MR) is 65.9 cm³/mol. The lowest BCUT2D eigenvalue weighted by Crippen LogP contribution is -2.13. The van der Waals surface area contributed by atoms with Gasteiger partial charge in [-0.25, -0.2) is 0 Å². The number of halogens is 1. The molecule has 0 aliphatic carbocycles. The molecular formula is C12H17BrO2. The minimum Gasteiger partial charge on any atom is -0.493 e. The zero-order chi connectivity index (χ0) is 11.6. The van der Waals surface area contributed by atoms with E-state index in [1.54, 1.807) is 14.2 Å². The Morgan fingerprint density at radius 3 is 1.93 bits per heavy atom. The third kappa shape index (κ3) is 2.46. The van der Waals surface area contributed by atoms with E-state index < -0.39 is 0 Å². The monoisotopic (exact) mass is 272 g/mol. The molecule has 0 saturated heterocycles. The summed E-state index contributed by atoms with van der Waals surface area (Å²) < 4.78 is 11.7. The topological polar surface area (TPSA) is 18.5 Å². The number of benzene rings is 1. The van der Waals surface area contributed by atoms with Gasteiger partial charge in [0.15, 0.2) is 11.5 Å². The fourth-order valence-corrected chi connectivity index (χ4v) is 2.00. The van der Waals surface area contributed by atoms with Crippen molar-refractivity contribution in [1.29, 1.82) is 0 Å². The Morgan fingerprint density at radius 2 is 1.53 bits per heavy atom. The zero-order valence-electron chi connectivity index (χ0n) is 9.85. The molecule has 0 fully saturated rings. The average molecular weight is 273 g/mol. The highest BCUT2D eigenvalue weighted by atomic mass is 79.9. The highest BCUT2D eigenvalue weighted by molar-refractivity contribution is 9.10. The lowest BCUT2D eigenvalue weighted by atomic mass is 9.86. The Hall–Kier alpha value is -0.700. The second-order valence-corrected chi connectivity index (χ2v) is 5.27. The van der Waals surface area contributed by atoms with Crippen LogP contribution in [0.5, 0.6) is 11.5 Å². The molecule has 84 valence electrons. The van der Waals surface area contributed by atoms with Crippen molar-refractivity contribution in [2.24, 2.45) is 0 Å². The van der Waals surface area contributed by atoms with Gasteiger partial charge in [0.05, 0.1) is 18.7 Å². The summed E-state index contributed by atoms with van der Waals surface area (Å²) >= 11 is 3.44. The first kappa shape index (κ1) is 12.4. The van der Waals surface area contributed by atoms with Gasteiger partial charge in [0.25, 0.3) is 0 Å². The van der Waals surface area contributed by atoms with Crippen LogP contribution in [0.25, 0.3) is 0 Å². The van der Waals surface area contributed by atoms with E-state index in [0.717, 1.165) is 21.5 Å². The quantitative estimate of drug-likeness (QED) is 0.816. The minimum atomic E-state index is 0.0410. The SMILES string of the molecule is COc1c(Br)ccc(C(C)(C)C)c1OC. The molecule has 1 aromatic rings. The van der Waals surface area contributed by atoms with Crippen LogP contribution in [0, 0.1) is 0 Å². The minimum absolute atomic E-state index is 0.0410. The standard InChI is InChI=1S/C12H17BrO2/c1-12(2,3)8-6-7-9(13)11(15-5)10(8)14-4/h6-7H,1-5H3. The van der Waals surface area contributed by atoms with Crippen molar-refractivity contribution in [3.63, 3.8) is 0 Å². The molecule has 0 saturated carbocycles. The molecule has 0 bridgehead atoms. The van der Waals surface area contributed by atoms with Crippen LogP contribution < -0.4 is 9.47 Å². The largest absolute Gasteiger partial charge is 0.493 e. The number of ether oxygens (including phenoxy) is 2. The van der Waals surface area contributed by atoms with Crippen LogP contribution in [0.4, 0.5) is 0 Å². The molecule has 0 heterocycles. The average Bonchev–Trinajstić information content (AvgIpc) is 2.15. The summed E-state index contributed by atoms with van der Waals surface area (Å²) in [6.45, 7) is 6.45. The molecule has 3 heteroatoms. The van der Waals surface area contributed by atoms with Crippen LogP contribution in [0.1, 0.15) is 26.3 Å². The van der Waals surface area contributed by atoms with Crippen molar-refractivity contribution in [2.45, 2.75) is 26.2 Å². The molecule has 2 nitrogen and oxygen atoms in total. The fourth-order valence-electron chi connectivity index (χ4n) is 1.52. The maximum absolute atomic E-state index is 5.42. The summed E-state index contributed by atoms with van der Waals surface area (Å²) in [5.74, 6) is 1.56. The third-order valence-corrected chi connectivity index (χ3v) is 2.90. The Balaban J connectivity index is 3.42. The second kappa shape index (κ2) is 4.44. The highest BCUT2D eigenvalue weighted by Crippen LogP contribution is 2.42. The summed E-state index contributed by atoms with van der Waals surface area (Å²) in [5.41, 5.74) is 1.18. The van der Waals surface area contributed by atoms with E-state index in [1.165, 1.54) is 0 Å². The predicted octanol–water partition coefficient (Wildman–Crippen LogP) is 3.76. The molecule has 0 amide bonds. The van der Waals surface area contributed by atoms with E-state index in [2.05, 4.69) is 42.8 Å². The van der Waals surface area contributed by atoms with Crippen LogP contribution in [-0.2, 0) is 5.41 Å². The van der Waals surface area contributed by atoms with E-state index in [4.69, 9.17) is 9.47 Å². The lowest BCUT2D eigenvalue weighted by Gasteiger charge is -2.23. The molecule has 0 aliphatic heterocycles. The molecule has 1 rings (SSSR count). The smallest absolute Gasteiger partial charge is 0.175 e. The van der Waals surface area contributed by atoms with Gasteiger partial charge in [-0.2, -0.15) is 0 Å². The van der Waals surface area contributed by atoms with Gasteiger partial charge in [-0.1, -0.05) is 26.8 Å². The molecule has 0 radical (unpaired) electrons. The number of methoxy groups -OCH3 is 2. The first-order valence-corrected chi connectivity index (χ1v) is 5.62. The van der Waals surface area contributed by atoms with E-state index in [0.29, 0.717) is 0 Å². The molecule has 0 unspecified atom stereocenters. The van der Waals surface area contributed by atoms with Gasteiger partial charge < -0.3 is 9.47 Å². The fraction of sp³-hybridized carbons (Fsp3) is 0.500. The molecule has 0 atom stereocenters. The van der Waals surface area contributed by atoms with Gasteiger partial charge in [0.2, 0.25) is 0 Å². The number of hydrogen-bond acceptors (Lipinski definition) is 2. The van der Waals surface area contributed by atoms with Crippen LogP contribution in [0.2, 0.25) is 0 Å². The first-order valence-electron chi connectivity index (χ1n) is 4.82. The van der Waals surface area contributed by atoms with Gasteiger partial charge >= 0.3 is 0 Å². The summed E-state index contributed by atoms with van der Waals surface area (Å²) in [7, 11) is 3.31. The van der Waals surface area contributed by atoms with Crippen molar-refractivity contribution in [1.82, 2.24) is 0 Å². The maximum Gasteiger partial charge on any atom is 0.175 e. The van der Waals surface area contributed by atoms with Gasteiger partial charge in [-0.3, -0.25) is 0 Å². The van der Waals surface area contributed by atoms with Gasteiger partial charge in [0.1, 0.15) is 0 Å². The van der Waals surface area contributed by atoms with Gasteiger partial charge in [0, 0.05) is 5.56 Å². The molecule has 0 N–H and O–H groups in total. The zero-order valence-corrected chi connectivity index (χ0v) is 11.4. The second-order valence-electron chi connectivity index (χ2n) is 4.41. The van der Waals surface area contributed by atoms with Gasteiger partial charge in [-0.15, -0.1) is 0 Å². The van der Waals surface area contributed by atoms with E-state index in [9.17, 15) is 0 Å². The highest BCUT2D eigenvalue weighted by Gasteiger charge is 2.22. The van der Waals surface area contributed by atoms with E-state index in [1.807, 2.05) is 6.07 Å². The summed E-state index contributed by atoms with van der Waals surface area (Å²) in [6, 6.07) is 4.05. The summed E-state index contributed by atoms with van der Waals surface area (Å²) in [5, 5.41) is 0.